The molecule has 2 aromatic rings. The molecule has 5 rings (SSSR count). The average Bonchev–Trinajstić information content (AvgIpc) is 2.88. The minimum Gasteiger partial charge on any atom is -0.508 e. The van der Waals surface area contributed by atoms with Gasteiger partial charge in [0.15, 0.2) is 0 Å². The van der Waals surface area contributed by atoms with Crippen molar-refractivity contribution in [1.29, 1.82) is 0 Å². The van der Waals surface area contributed by atoms with Gasteiger partial charge in [-0.3, -0.25) is 14.5 Å². The molecule has 0 aromatic heterocycles. The van der Waals surface area contributed by atoms with Gasteiger partial charge in [-0.2, -0.15) is 0 Å². The minimum atomic E-state index is -0.679. The van der Waals surface area contributed by atoms with Crippen LogP contribution in [0, 0.1) is 0 Å². The molecule has 0 radical (unpaired) electrons. The van der Waals surface area contributed by atoms with E-state index in [2.05, 4.69) is 16.3 Å². The summed E-state index contributed by atoms with van der Waals surface area (Å²) in [6.07, 6.45) is 5.37. The van der Waals surface area contributed by atoms with Crippen molar-refractivity contribution in [2.75, 3.05) is 32.8 Å². The van der Waals surface area contributed by atoms with Gasteiger partial charge in [-0.1, -0.05) is 42.5 Å². The van der Waals surface area contributed by atoms with Crippen molar-refractivity contribution in [3.8, 4) is 11.5 Å². The second-order valence-electron chi connectivity index (χ2n) is 9.22. The number of ether oxygens (including phenoxy) is 2. The van der Waals surface area contributed by atoms with Gasteiger partial charge >= 0.3 is 0 Å². The molecule has 1 fully saturated rings. The molecule has 8 heteroatoms. The first-order valence-electron chi connectivity index (χ1n) is 12.2. The Balaban J connectivity index is 1.42. The van der Waals surface area contributed by atoms with Crippen LogP contribution >= 0.6 is 0 Å². The van der Waals surface area contributed by atoms with Crippen molar-refractivity contribution in [3.05, 3.63) is 71.8 Å². The maximum absolute atomic E-state index is 13.7. The Labute approximate surface area is 205 Å². The predicted octanol–water partition coefficient (Wildman–Crippen LogP) is 2.33. The molecule has 3 heterocycles. The Kier molecular flexibility index (Phi) is 7.01. The average molecular weight is 478 g/mol. The van der Waals surface area contributed by atoms with E-state index in [1.54, 1.807) is 29.2 Å². The zero-order valence-corrected chi connectivity index (χ0v) is 19.6. The number of amides is 2. The lowest BCUT2D eigenvalue weighted by molar-refractivity contribution is -0.128. The topological polar surface area (TPSA) is 91.3 Å². The SMILES string of the molecule is O=C1NC[C@@H]2C=CC[C@@H](CCOc3ccccc3C(=O)N3CCN(Cc4ccccc4O)C[C@@H]13)O2. The molecule has 2 amide bonds. The number of para-hydroxylation sites is 2. The van der Waals surface area contributed by atoms with Gasteiger partial charge in [-0.25, -0.2) is 0 Å². The molecule has 2 aromatic carbocycles. The third-order valence-corrected chi connectivity index (χ3v) is 6.82. The number of rotatable bonds is 2. The Morgan fingerprint density at radius 2 is 1.89 bits per heavy atom. The number of carbonyl (C=O) groups excluding carboxylic acids is 2. The van der Waals surface area contributed by atoms with Crippen LogP contribution in [-0.4, -0.2) is 77.8 Å². The number of piperazine rings is 1. The lowest BCUT2D eigenvalue weighted by Gasteiger charge is -2.41. The second kappa shape index (κ2) is 10.5. The van der Waals surface area contributed by atoms with Crippen LogP contribution in [0.15, 0.2) is 60.7 Å². The zero-order chi connectivity index (χ0) is 24.2. The first-order valence-corrected chi connectivity index (χ1v) is 12.2. The Morgan fingerprint density at radius 1 is 1.06 bits per heavy atom. The molecule has 1 saturated heterocycles. The van der Waals surface area contributed by atoms with Gasteiger partial charge in [0.05, 0.1) is 24.4 Å². The summed E-state index contributed by atoms with van der Waals surface area (Å²) in [5.74, 6) is 0.322. The molecule has 2 bridgehead atoms. The number of hydrogen-bond acceptors (Lipinski definition) is 6. The fourth-order valence-electron chi connectivity index (χ4n) is 4.91. The zero-order valence-electron chi connectivity index (χ0n) is 19.6. The highest BCUT2D eigenvalue weighted by molar-refractivity contribution is 6.00. The summed E-state index contributed by atoms with van der Waals surface area (Å²) in [6, 6.07) is 13.7. The van der Waals surface area contributed by atoms with Crippen molar-refractivity contribution in [2.24, 2.45) is 0 Å². The highest BCUT2D eigenvalue weighted by atomic mass is 16.5. The highest BCUT2D eigenvalue weighted by Crippen LogP contribution is 2.26. The van der Waals surface area contributed by atoms with Crippen molar-refractivity contribution >= 4 is 11.8 Å². The number of nitrogens with one attached hydrogen (secondary N) is 1. The van der Waals surface area contributed by atoms with Gasteiger partial charge in [-0.05, 0) is 24.6 Å². The fourth-order valence-corrected chi connectivity index (χ4v) is 4.91. The molecule has 0 saturated carbocycles. The number of phenols is 1. The van der Waals surface area contributed by atoms with E-state index in [4.69, 9.17) is 9.47 Å². The molecule has 8 nitrogen and oxygen atoms in total. The lowest BCUT2D eigenvalue weighted by atomic mass is 10.1. The number of phenolic OH excluding ortho intramolecular Hbond substituents is 1. The van der Waals surface area contributed by atoms with E-state index in [9.17, 15) is 14.7 Å². The maximum Gasteiger partial charge on any atom is 0.258 e. The third kappa shape index (κ3) is 5.33. The van der Waals surface area contributed by atoms with Crippen LogP contribution in [0.5, 0.6) is 11.5 Å². The summed E-state index contributed by atoms with van der Waals surface area (Å²) in [6.45, 7) is 2.62. The van der Waals surface area contributed by atoms with Gasteiger partial charge < -0.3 is 24.8 Å². The molecule has 3 atom stereocenters. The van der Waals surface area contributed by atoms with Crippen LogP contribution < -0.4 is 10.1 Å². The Bertz CT molecular complexity index is 1100. The predicted molar refractivity (Wildman–Crippen MR) is 130 cm³/mol. The standard InChI is InChI=1S/C27H31N3O5/c31-24-10-3-1-6-19(24)17-29-13-14-30-23(18-29)26(32)28-16-21-8-5-7-20(35-21)12-15-34-25-11-4-2-9-22(25)27(30)33/h1-6,8-11,20-21,23,31H,7,12-18H2,(H,28,32)/t20-,21-,23-/m0/s1. The summed E-state index contributed by atoms with van der Waals surface area (Å²) in [7, 11) is 0. The van der Waals surface area contributed by atoms with E-state index >= 15 is 0 Å². The van der Waals surface area contributed by atoms with Crippen molar-refractivity contribution in [1.82, 2.24) is 15.1 Å². The van der Waals surface area contributed by atoms with E-state index < -0.39 is 6.04 Å². The molecule has 184 valence electrons. The maximum atomic E-state index is 13.7. The molecule has 0 unspecified atom stereocenters. The Hall–Kier alpha value is -3.36. The van der Waals surface area contributed by atoms with Crippen LogP contribution in [0.1, 0.15) is 28.8 Å². The van der Waals surface area contributed by atoms with Crippen LogP contribution in [-0.2, 0) is 16.1 Å². The van der Waals surface area contributed by atoms with Crippen molar-refractivity contribution in [3.63, 3.8) is 0 Å². The molecule has 3 aliphatic rings. The number of benzene rings is 2. The number of hydrogen-bond donors (Lipinski definition) is 2. The Morgan fingerprint density at radius 3 is 2.77 bits per heavy atom. The molecule has 35 heavy (non-hydrogen) atoms. The largest absolute Gasteiger partial charge is 0.508 e. The fraction of sp³-hybridized carbons (Fsp3) is 0.407. The van der Waals surface area contributed by atoms with Gasteiger partial charge in [0, 0.05) is 44.7 Å². The molecule has 3 aliphatic heterocycles. The van der Waals surface area contributed by atoms with Crippen molar-refractivity contribution < 1.29 is 24.2 Å². The quantitative estimate of drug-likeness (QED) is 0.646. The van der Waals surface area contributed by atoms with Crippen LogP contribution in [0.3, 0.4) is 0 Å². The molecule has 2 N–H and O–H groups in total. The normalized spacial score (nSPS) is 25.6. The van der Waals surface area contributed by atoms with Gasteiger partial charge in [0.1, 0.15) is 17.5 Å². The minimum absolute atomic E-state index is 0.00734. The number of aromatic hydroxyl groups is 1. The van der Waals surface area contributed by atoms with Crippen LogP contribution in [0.25, 0.3) is 0 Å². The first-order chi connectivity index (χ1) is 17.1. The van der Waals surface area contributed by atoms with Crippen LogP contribution in [0.2, 0.25) is 0 Å². The summed E-state index contributed by atoms with van der Waals surface area (Å²) in [5, 5.41) is 13.2. The second-order valence-corrected chi connectivity index (χ2v) is 9.22. The van der Waals surface area contributed by atoms with Gasteiger partial charge in [0.2, 0.25) is 5.91 Å². The highest BCUT2D eigenvalue weighted by Gasteiger charge is 2.37. The van der Waals surface area contributed by atoms with E-state index in [0.29, 0.717) is 57.1 Å². The van der Waals surface area contributed by atoms with Gasteiger partial charge in [-0.15, -0.1) is 0 Å². The summed E-state index contributed by atoms with van der Waals surface area (Å²) in [4.78, 5) is 30.8. The molecular weight excluding hydrogens is 446 g/mol. The van der Waals surface area contributed by atoms with Gasteiger partial charge in [0.25, 0.3) is 5.91 Å². The lowest BCUT2D eigenvalue weighted by Crippen LogP contribution is -2.61. The van der Waals surface area contributed by atoms with E-state index in [-0.39, 0.29) is 29.8 Å². The van der Waals surface area contributed by atoms with Crippen LogP contribution in [0.4, 0.5) is 0 Å². The summed E-state index contributed by atoms with van der Waals surface area (Å²) < 4.78 is 12.2. The molecule has 0 spiro atoms. The monoisotopic (exact) mass is 477 g/mol. The third-order valence-electron chi connectivity index (χ3n) is 6.82. The smallest absolute Gasteiger partial charge is 0.258 e. The number of fused-ring (bicyclic) bond motifs is 4. The van der Waals surface area contributed by atoms with E-state index in [0.717, 1.165) is 12.0 Å². The number of nitrogens with zero attached hydrogens (tertiary/aromatic N) is 2. The first kappa shape index (κ1) is 23.4. The molecular formula is C27H31N3O5. The molecule has 0 aliphatic carbocycles. The summed E-state index contributed by atoms with van der Waals surface area (Å²) in [5.41, 5.74) is 1.25. The summed E-state index contributed by atoms with van der Waals surface area (Å²) >= 11 is 0. The number of carbonyl (C=O) groups is 2. The van der Waals surface area contributed by atoms with E-state index in [1.807, 2.05) is 30.3 Å². The van der Waals surface area contributed by atoms with E-state index in [1.165, 1.54) is 0 Å². The van der Waals surface area contributed by atoms with Crippen molar-refractivity contribution in [2.45, 2.75) is 37.6 Å².